The van der Waals surface area contributed by atoms with Crippen molar-refractivity contribution >= 4 is 22.3 Å². The van der Waals surface area contributed by atoms with Crippen molar-refractivity contribution in [3.63, 3.8) is 0 Å². The second-order valence-corrected chi connectivity index (χ2v) is 8.41. The molecule has 0 amide bonds. The monoisotopic (exact) mass is 429 g/mol. The van der Waals surface area contributed by atoms with Crippen LogP contribution in [0.4, 0.5) is 10.9 Å². The number of rotatable bonds is 6. The Morgan fingerprint density at radius 1 is 0.903 bits per heavy atom. The molecule has 2 aromatic heterocycles. The summed E-state index contributed by atoms with van der Waals surface area (Å²) < 4.78 is 5.50. The zero-order valence-corrected chi connectivity index (χ0v) is 17.9. The smallest absolute Gasteiger partial charge is 0.189 e. The Bertz CT molecular complexity index is 1130. The first-order chi connectivity index (χ1) is 15.3. The first-order valence-corrected chi connectivity index (χ1v) is 11.2. The summed E-state index contributed by atoms with van der Waals surface area (Å²) in [5, 5.41) is 4.23. The van der Waals surface area contributed by atoms with Gasteiger partial charge in [0.1, 0.15) is 12.1 Å². The van der Waals surface area contributed by atoms with Gasteiger partial charge in [0.2, 0.25) is 0 Å². The van der Waals surface area contributed by atoms with Crippen LogP contribution in [0.2, 0.25) is 0 Å². The molecule has 1 aliphatic rings. The molecule has 1 aliphatic heterocycles. The van der Waals surface area contributed by atoms with Crippen molar-refractivity contribution in [3.8, 4) is 22.5 Å². The molecule has 31 heavy (non-hydrogen) atoms. The first-order valence-electron chi connectivity index (χ1n) is 10.3. The molecule has 156 valence electrons. The van der Waals surface area contributed by atoms with E-state index in [0.717, 1.165) is 66.3 Å². The second-order valence-electron chi connectivity index (χ2n) is 7.32. The number of anilines is 2. The van der Waals surface area contributed by atoms with E-state index in [-0.39, 0.29) is 0 Å². The maximum absolute atomic E-state index is 5.50. The van der Waals surface area contributed by atoms with E-state index in [2.05, 4.69) is 44.5 Å². The van der Waals surface area contributed by atoms with E-state index >= 15 is 0 Å². The SMILES string of the molecule is c1ccc(-c2cc(Nc3nc(-c4ccccc4)c(CN4CCOCC4)s3)ncn2)cc1. The van der Waals surface area contributed by atoms with Crippen molar-refractivity contribution in [1.29, 1.82) is 0 Å². The number of benzene rings is 2. The van der Waals surface area contributed by atoms with Crippen molar-refractivity contribution in [2.24, 2.45) is 0 Å². The minimum Gasteiger partial charge on any atom is -0.379 e. The molecular weight excluding hydrogens is 406 g/mol. The zero-order chi connectivity index (χ0) is 20.9. The standard InChI is InChI=1S/C24H23N5OS/c1-3-7-18(8-4-1)20-15-22(26-17-25-20)27-24-28-23(19-9-5-2-6-10-19)21(31-24)16-29-11-13-30-14-12-29/h1-10,15,17H,11-14,16H2,(H,25,26,27,28). The molecule has 0 saturated carbocycles. The van der Waals surface area contributed by atoms with Crippen LogP contribution in [-0.4, -0.2) is 46.2 Å². The molecule has 0 aliphatic carbocycles. The third-order valence-corrected chi connectivity index (χ3v) is 6.14. The van der Waals surface area contributed by atoms with Gasteiger partial charge >= 0.3 is 0 Å². The van der Waals surface area contributed by atoms with E-state index in [1.807, 2.05) is 42.5 Å². The van der Waals surface area contributed by atoms with Gasteiger partial charge in [-0.1, -0.05) is 72.0 Å². The van der Waals surface area contributed by atoms with Crippen LogP contribution in [-0.2, 0) is 11.3 Å². The van der Waals surface area contributed by atoms with Gasteiger partial charge in [0, 0.05) is 41.7 Å². The fourth-order valence-electron chi connectivity index (χ4n) is 3.60. The number of hydrogen-bond acceptors (Lipinski definition) is 7. The lowest BCUT2D eigenvalue weighted by atomic mass is 10.1. The predicted octanol–water partition coefficient (Wildman–Crippen LogP) is 4.84. The summed E-state index contributed by atoms with van der Waals surface area (Å²) in [6.07, 6.45) is 1.59. The van der Waals surface area contributed by atoms with Crippen LogP contribution in [0.15, 0.2) is 73.1 Å². The van der Waals surface area contributed by atoms with E-state index in [1.54, 1.807) is 17.7 Å². The van der Waals surface area contributed by atoms with E-state index < -0.39 is 0 Å². The van der Waals surface area contributed by atoms with Gasteiger partial charge in [-0.15, -0.1) is 0 Å². The van der Waals surface area contributed by atoms with Gasteiger partial charge < -0.3 is 10.1 Å². The highest BCUT2D eigenvalue weighted by molar-refractivity contribution is 7.16. The van der Waals surface area contributed by atoms with Crippen molar-refractivity contribution in [3.05, 3.63) is 77.9 Å². The summed E-state index contributed by atoms with van der Waals surface area (Å²) in [6.45, 7) is 4.33. The molecule has 2 aromatic carbocycles. The maximum atomic E-state index is 5.50. The minimum absolute atomic E-state index is 0.736. The molecule has 4 aromatic rings. The van der Waals surface area contributed by atoms with Crippen LogP contribution in [0.3, 0.4) is 0 Å². The van der Waals surface area contributed by atoms with Crippen molar-refractivity contribution in [2.75, 3.05) is 31.6 Å². The van der Waals surface area contributed by atoms with Gasteiger partial charge in [-0.25, -0.2) is 15.0 Å². The summed E-state index contributed by atoms with van der Waals surface area (Å²) in [5.74, 6) is 0.736. The minimum atomic E-state index is 0.736. The highest BCUT2D eigenvalue weighted by Gasteiger charge is 2.18. The second kappa shape index (κ2) is 9.34. The predicted molar refractivity (Wildman–Crippen MR) is 124 cm³/mol. The number of nitrogens with one attached hydrogen (secondary N) is 1. The van der Waals surface area contributed by atoms with Crippen LogP contribution in [0.5, 0.6) is 0 Å². The van der Waals surface area contributed by atoms with Gasteiger partial charge in [0.05, 0.1) is 24.6 Å². The molecule has 1 fully saturated rings. The first kappa shape index (κ1) is 19.8. The van der Waals surface area contributed by atoms with Gasteiger partial charge in [-0.05, 0) is 0 Å². The molecule has 6 nitrogen and oxygen atoms in total. The zero-order valence-electron chi connectivity index (χ0n) is 17.1. The summed E-state index contributed by atoms with van der Waals surface area (Å²) in [7, 11) is 0. The number of nitrogens with zero attached hydrogens (tertiary/aromatic N) is 4. The number of thiazole rings is 1. The highest BCUT2D eigenvalue weighted by atomic mass is 32.1. The average Bonchev–Trinajstić information content (AvgIpc) is 3.23. The van der Waals surface area contributed by atoms with Crippen LogP contribution in [0, 0.1) is 0 Å². The van der Waals surface area contributed by atoms with Crippen LogP contribution in [0.25, 0.3) is 22.5 Å². The molecule has 0 radical (unpaired) electrons. The summed E-state index contributed by atoms with van der Waals surface area (Å²) in [5.41, 5.74) is 4.09. The van der Waals surface area contributed by atoms with E-state index in [4.69, 9.17) is 9.72 Å². The van der Waals surface area contributed by atoms with Gasteiger partial charge in [0.15, 0.2) is 5.13 Å². The molecule has 0 bridgehead atoms. The Kier molecular flexibility index (Phi) is 5.97. The highest BCUT2D eigenvalue weighted by Crippen LogP contribution is 2.34. The molecule has 0 unspecified atom stereocenters. The van der Waals surface area contributed by atoms with Crippen LogP contribution >= 0.6 is 11.3 Å². The Morgan fingerprint density at radius 2 is 1.61 bits per heavy atom. The molecule has 1 saturated heterocycles. The van der Waals surface area contributed by atoms with Crippen LogP contribution < -0.4 is 5.32 Å². The van der Waals surface area contributed by atoms with Crippen LogP contribution in [0.1, 0.15) is 4.88 Å². The number of ether oxygens (including phenoxy) is 1. The Balaban J connectivity index is 1.43. The molecular formula is C24H23N5OS. The third-order valence-electron chi connectivity index (χ3n) is 5.19. The number of morpholine rings is 1. The Morgan fingerprint density at radius 3 is 2.35 bits per heavy atom. The van der Waals surface area contributed by atoms with Crippen molar-refractivity contribution < 1.29 is 4.74 Å². The fraction of sp³-hybridized carbons (Fsp3) is 0.208. The molecule has 3 heterocycles. The third kappa shape index (κ3) is 4.80. The Labute approximate surface area is 185 Å². The van der Waals surface area contributed by atoms with Gasteiger partial charge in [-0.3, -0.25) is 4.90 Å². The normalized spacial score (nSPS) is 14.5. The largest absolute Gasteiger partial charge is 0.379 e. The summed E-state index contributed by atoms with van der Waals surface area (Å²) in [4.78, 5) is 17.4. The number of aromatic nitrogens is 3. The molecule has 5 rings (SSSR count). The van der Waals surface area contributed by atoms with Gasteiger partial charge in [-0.2, -0.15) is 0 Å². The molecule has 7 heteroatoms. The maximum Gasteiger partial charge on any atom is 0.189 e. The lowest BCUT2D eigenvalue weighted by molar-refractivity contribution is 0.0347. The van der Waals surface area contributed by atoms with Crippen molar-refractivity contribution in [2.45, 2.75) is 6.54 Å². The summed E-state index contributed by atoms with van der Waals surface area (Å²) >= 11 is 1.68. The quantitative estimate of drug-likeness (QED) is 0.473. The average molecular weight is 430 g/mol. The van der Waals surface area contributed by atoms with Crippen molar-refractivity contribution in [1.82, 2.24) is 19.9 Å². The lowest BCUT2D eigenvalue weighted by Gasteiger charge is -2.26. The number of hydrogen-bond donors (Lipinski definition) is 1. The molecule has 0 spiro atoms. The summed E-state index contributed by atoms with van der Waals surface area (Å²) in [6, 6.07) is 22.4. The molecule has 0 atom stereocenters. The van der Waals surface area contributed by atoms with E-state index in [0.29, 0.717) is 0 Å². The van der Waals surface area contributed by atoms with Gasteiger partial charge in [0.25, 0.3) is 0 Å². The lowest BCUT2D eigenvalue weighted by Crippen LogP contribution is -2.35. The Hall–Kier alpha value is -3.13. The van der Waals surface area contributed by atoms with E-state index in [9.17, 15) is 0 Å². The topological polar surface area (TPSA) is 63.2 Å². The fourth-order valence-corrected chi connectivity index (χ4v) is 4.63. The van der Waals surface area contributed by atoms with E-state index in [1.165, 1.54) is 4.88 Å². The molecule has 1 N–H and O–H groups in total.